The molecule has 1 aromatic carbocycles. The second-order valence-corrected chi connectivity index (χ2v) is 8.49. The highest BCUT2D eigenvalue weighted by atomic mass is 16.5. The van der Waals surface area contributed by atoms with Crippen LogP contribution in [0.25, 0.3) is 11.4 Å². The molecule has 0 fully saturated rings. The van der Waals surface area contributed by atoms with E-state index in [0.29, 0.717) is 36.3 Å². The molecule has 10 heteroatoms. The van der Waals surface area contributed by atoms with E-state index in [2.05, 4.69) is 15.0 Å². The van der Waals surface area contributed by atoms with Crippen LogP contribution in [-0.4, -0.2) is 63.9 Å². The van der Waals surface area contributed by atoms with Crippen molar-refractivity contribution in [2.24, 2.45) is 26.6 Å². The quantitative estimate of drug-likeness (QED) is 0.404. The first-order valence-electron chi connectivity index (χ1n) is 11.2. The van der Waals surface area contributed by atoms with Crippen molar-refractivity contribution in [3.05, 3.63) is 35.7 Å². The molecule has 0 aliphatic carbocycles. The predicted octanol–water partition coefficient (Wildman–Crippen LogP) is 3.00. The number of carboxylic acids is 1. The summed E-state index contributed by atoms with van der Waals surface area (Å²) < 4.78 is 8.01. The van der Waals surface area contributed by atoms with Gasteiger partial charge in [0.1, 0.15) is 23.9 Å². The van der Waals surface area contributed by atoms with E-state index in [-0.39, 0.29) is 18.5 Å². The number of fused-ring (bicyclic) bond motifs is 3. The Kier molecular flexibility index (Phi) is 7.93. The van der Waals surface area contributed by atoms with Crippen molar-refractivity contribution in [1.29, 1.82) is 5.41 Å². The lowest BCUT2D eigenvalue weighted by Crippen LogP contribution is -2.13. The van der Waals surface area contributed by atoms with Gasteiger partial charge in [0.05, 0.1) is 36.3 Å². The van der Waals surface area contributed by atoms with Crippen molar-refractivity contribution in [3.63, 3.8) is 0 Å². The Morgan fingerprint density at radius 2 is 2.15 bits per heavy atom. The molecule has 0 bridgehead atoms. The van der Waals surface area contributed by atoms with E-state index in [1.807, 2.05) is 42.8 Å². The molecule has 2 unspecified atom stereocenters. The monoisotopic (exact) mass is 465 g/mol. The summed E-state index contributed by atoms with van der Waals surface area (Å²) in [5.41, 5.74) is 8.10. The number of nitrogens with two attached hydrogens (primary N) is 1. The number of hydrogen-bond acceptors (Lipinski definition) is 6. The minimum Gasteiger partial charge on any atom is -0.491 e. The van der Waals surface area contributed by atoms with E-state index < -0.39 is 11.9 Å². The Hall–Kier alpha value is -3.82. The van der Waals surface area contributed by atoms with Gasteiger partial charge >= 0.3 is 5.97 Å². The van der Waals surface area contributed by atoms with Gasteiger partial charge in [-0.3, -0.25) is 14.8 Å². The smallest absolute Gasteiger partial charge is 0.308 e. The zero-order chi connectivity index (χ0) is 24.8. The summed E-state index contributed by atoms with van der Waals surface area (Å²) in [4.78, 5) is 29.0. The highest BCUT2D eigenvalue weighted by molar-refractivity contribution is 6.04. The number of ether oxygens (including phenoxy) is 1. The summed E-state index contributed by atoms with van der Waals surface area (Å²) in [5, 5.41) is 16.8. The van der Waals surface area contributed by atoms with Crippen LogP contribution in [0.4, 0.5) is 0 Å². The molecule has 3 rings (SSSR count). The predicted molar refractivity (Wildman–Crippen MR) is 134 cm³/mol. The Bertz CT molecular complexity index is 1140. The van der Waals surface area contributed by atoms with E-state index in [1.54, 1.807) is 20.1 Å². The van der Waals surface area contributed by atoms with E-state index in [4.69, 9.17) is 26.0 Å². The highest BCUT2D eigenvalue weighted by Crippen LogP contribution is 2.34. The van der Waals surface area contributed by atoms with Crippen molar-refractivity contribution in [2.75, 3.05) is 13.2 Å². The van der Waals surface area contributed by atoms with Gasteiger partial charge in [0.15, 0.2) is 5.84 Å². The number of imidazole rings is 1. The molecule has 1 aliphatic rings. The van der Waals surface area contributed by atoms with Crippen LogP contribution in [0, 0.1) is 11.3 Å². The Morgan fingerprint density at radius 1 is 1.38 bits per heavy atom. The first-order valence-corrected chi connectivity index (χ1v) is 11.2. The second kappa shape index (κ2) is 10.9. The summed E-state index contributed by atoms with van der Waals surface area (Å²) in [6.07, 6.45) is 4.78. The third-order valence-electron chi connectivity index (χ3n) is 5.14. The summed E-state index contributed by atoms with van der Waals surface area (Å²) in [6, 6.07) is 5.74. The standard InChI is InChI=1S/C24H31N7O3/c1-14(2)28-22(29-16(4)26)20-13-31-7-8-34-21-9-17(5-6-19(21)23(31)30-20)18(10-25)12-27-11-15(3)24(32)33/h5-6,9-10,12-15,18,25H,7-8,11H2,1-4H3,(H,32,33)(H2,26,28,29). The van der Waals surface area contributed by atoms with Gasteiger partial charge in [0, 0.05) is 24.7 Å². The lowest BCUT2D eigenvalue weighted by Gasteiger charge is -2.12. The molecule has 4 N–H and O–H groups in total. The van der Waals surface area contributed by atoms with Crippen LogP contribution in [0.2, 0.25) is 0 Å². The third-order valence-corrected chi connectivity index (χ3v) is 5.14. The Morgan fingerprint density at radius 3 is 2.79 bits per heavy atom. The highest BCUT2D eigenvalue weighted by Gasteiger charge is 2.22. The molecule has 0 spiro atoms. The molecule has 1 aliphatic heterocycles. The molecular weight excluding hydrogens is 434 g/mol. The van der Waals surface area contributed by atoms with Gasteiger partial charge in [-0.1, -0.05) is 13.0 Å². The number of aliphatic imine (C=N–C) groups is 3. The molecular formula is C24H31N7O3. The minimum absolute atomic E-state index is 0.0380. The van der Waals surface area contributed by atoms with E-state index >= 15 is 0 Å². The van der Waals surface area contributed by atoms with Crippen molar-refractivity contribution < 1.29 is 14.6 Å². The van der Waals surface area contributed by atoms with Crippen LogP contribution in [0.5, 0.6) is 5.75 Å². The van der Waals surface area contributed by atoms with Crippen molar-refractivity contribution in [3.8, 4) is 17.1 Å². The number of aliphatic carboxylic acids is 1. The van der Waals surface area contributed by atoms with Gasteiger partial charge in [0.25, 0.3) is 0 Å². The number of benzene rings is 1. The molecule has 10 nitrogen and oxygen atoms in total. The lowest BCUT2D eigenvalue weighted by molar-refractivity contribution is -0.140. The topological polar surface area (TPSA) is 151 Å². The van der Waals surface area contributed by atoms with Gasteiger partial charge in [-0.05, 0) is 38.5 Å². The van der Waals surface area contributed by atoms with Crippen LogP contribution < -0.4 is 10.5 Å². The minimum atomic E-state index is -0.897. The van der Waals surface area contributed by atoms with Crippen molar-refractivity contribution >= 4 is 30.1 Å². The molecule has 0 radical (unpaired) electrons. The number of nitrogens with one attached hydrogen (secondary N) is 1. The fourth-order valence-corrected chi connectivity index (χ4v) is 3.41. The molecule has 0 saturated heterocycles. The Balaban J connectivity index is 1.94. The van der Waals surface area contributed by atoms with Crippen LogP contribution in [0.15, 0.2) is 39.4 Å². The molecule has 2 heterocycles. The summed E-state index contributed by atoms with van der Waals surface area (Å²) in [7, 11) is 0. The summed E-state index contributed by atoms with van der Waals surface area (Å²) >= 11 is 0. The van der Waals surface area contributed by atoms with Gasteiger partial charge in [0.2, 0.25) is 0 Å². The second-order valence-electron chi connectivity index (χ2n) is 8.49. The average Bonchev–Trinajstić information content (AvgIpc) is 3.12. The molecule has 1 aromatic heterocycles. The third kappa shape index (κ3) is 5.94. The molecule has 0 amide bonds. The lowest BCUT2D eigenvalue weighted by atomic mass is 9.99. The van der Waals surface area contributed by atoms with Gasteiger partial charge < -0.3 is 25.6 Å². The fraction of sp³-hybridized carbons (Fsp3) is 0.417. The molecule has 180 valence electrons. The number of amidine groups is 2. The SMILES string of the molecule is CC(N)=NC(=NC(C)C)c1cn2c(n1)-c1ccc(C(C=N)C=NCC(C)C(=O)O)cc1OCC2. The zero-order valence-corrected chi connectivity index (χ0v) is 19.9. The number of hydrogen-bond donors (Lipinski definition) is 3. The normalized spacial score (nSPS) is 15.9. The van der Waals surface area contributed by atoms with Crippen LogP contribution >= 0.6 is 0 Å². The van der Waals surface area contributed by atoms with E-state index in [1.165, 1.54) is 6.21 Å². The van der Waals surface area contributed by atoms with Crippen molar-refractivity contribution in [2.45, 2.75) is 46.2 Å². The van der Waals surface area contributed by atoms with Crippen molar-refractivity contribution in [1.82, 2.24) is 9.55 Å². The van der Waals surface area contributed by atoms with Crippen LogP contribution in [0.3, 0.4) is 0 Å². The number of nitrogens with zero attached hydrogens (tertiary/aromatic N) is 5. The molecule has 2 atom stereocenters. The van der Waals surface area contributed by atoms with E-state index in [0.717, 1.165) is 17.0 Å². The average molecular weight is 466 g/mol. The van der Waals surface area contributed by atoms with Gasteiger partial charge in [-0.2, -0.15) is 0 Å². The molecule has 0 saturated carbocycles. The maximum atomic E-state index is 11.0. The summed E-state index contributed by atoms with van der Waals surface area (Å²) in [5.74, 6) is 0.436. The number of rotatable bonds is 8. The van der Waals surface area contributed by atoms with Crippen LogP contribution in [-0.2, 0) is 11.3 Å². The maximum absolute atomic E-state index is 11.0. The van der Waals surface area contributed by atoms with Gasteiger partial charge in [-0.15, -0.1) is 0 Å². The number of carbonyl (C=O) groups is 1. The zero-order valence-electron chi connectivity index (χ0n) is 19.9. The summed E-state index contributed by atoms with van der Waals surface area (Å²) in [6.45, 7) is 8.48. The fourth-order valence-electron chi connectivity index (χ4n) is 3.41. The Labute approximate surface area is 198 Å². The van der Waals surface area contributed by atoms with Crippen LogP contribution in [0.1, 0.15) is 44.9 Å². The van der Waals surface area contributed by atoms with E-state index in [9.17, 15) is 4.79 Å². The maximum Gasteiger partial charge on any atom is 0.308 e. The number of carboxylic acid groups (broad SMARTS) is 1. The molecule has 2 aromatic rings. The number of aromatic nitrogens is 2. The largest absolute Gasteiger partial charge is 0.491 e. The first kappa shape index (κ1) is 24.8. The molecule has 34 heavy (non-hydrogen) atoms. The van der Waals surface area contributed by atoms with Gasteiger partial charge in [-0.25, -0.2) is 9.98 Å². The first-order chi connectivity index (χ1) is 16.2.